The van der Waals surface area contributed by atoms with E-state index in [0.717, 1.165) is 0 Å². The van der Waals surface area contributed by atoms with Gasteiger partial charge in [0.15, 0.2) is 0 Å². The summed E-state index contributed by atoms with van der Waals surface area (Å²) in [6.07, 6.45) is 26.2. The van der Waals surface area contributed by atoms with E-state index in [4.69, 9.17) is 9.84 Å². The second kappa shape index (κ2) is 23.0. The van der Waals surface area contributed by atoms with Crippen LogP contribution < -0.4 is 0 Å². The van der Waals surface area contributed by atoms with E-state index in [1.165, 1.54) is 122 Å². The predicted octanol–water partition coefficient (Wildman–Crippen LogP) is 7.82. The average molecular weight is 371 g/mol. The molecule has 0 aliphatic heterocycles. The maximum Gasteiger partial charge on any atom is 0.0701 e. The van der Waals surface area contributed by atoms with E-state index in [2.05, 4.69) is 13.8 Å². The highest BCUT2D eigenvalue weighted by molar-refractivity contribution is 4.60. The first-order valence-corrected chi connectivity index (χ1v) is 12.1. The van der Waals surface area contributed by atoms with Crippen molar-refractivity contribution in [3.8, 4) is 0 Å². The fourth-order valence-electron chi connectivity index (χ4n) is 3.72. The van der Waals surface area contributed by atoms with Crippen LogP contribution in [0.25, 0.3) is 0 Å². The molecule has 0 aliphatic carbocycles. The molecule has 0 amide bonds. The summed E-state index contributed by atoms with van der Waals surface area (Å²) in [6, 6.07) is 0. The molecule has 0 saturated carbocycles. The Balaban J connectivity index is 3.52. The zero-order chi connectivity index (χ0) is 19.1. The minimum absolute atomic E-state index is 0.158. The predicted molar refractivity (Wildman–Crippen MR) is 116 cm³/mol. The van der Waals surface area contributed by atoms with Crippen LogP contribution in [0.15, 0.2) is 0 Å². The van der Waals surface area contributed by atoms with Crippen molar-refractivity contribution in [2.45, 2.75) is 142 Å². The third kappa shape index (κ3) is 20.2. The van der Waals surface area contributed by atoms with Crippen molar-refractivity contribution in [3.05, 3.63) is 0 Å². The van der Waals surface area contributed by atoms with Crippen LogP contribution in [0.3, 0.4) is 0 Å². The summed E-state index contributed by atoms with van der Waals surface area (Å²) in [4.78, 5) is 0. The van der Waals surface area contributed by atoms with Crippen LogP contribution in [0.4, 0.5) is 0 Å². The summed E-state index contributed by atoms with van der Waals surface area (Å²) in [5, 5.41) is 9.03. The first-order valence-electron chi connectivity index (χ1n) is 12.1. The minimum Gasteiger partial charge on any atom is -0.394 e. The van der Waals surface area contributed by atoms with E-state index >= 15 is 0 Å². The average Bonchev–Trinajstić information content (AvgIpc) is 2.66. The maximum absolute atomic E-state index is 9.03. The highest BCUT2D eigenvalue weighted by Gasteiger charge is 2.08. The Kier molecular flexibility index (Phi) is 22.9. The largest absolute Gasteiger partial charge is 0.394 e. The molecule has 0 aliphatic rings. The van der Waals surface area contributed by atoms with Crippen LogP contribution in [0.5, 0.6) is 0 Å². The lowest BCUT2D eigenvalue weighted by Crippen LogP contribution is -2.15. The molecule has 26 heavy (non-hydrogen) atoms. The van der Waals surface area contributed by atoms with Crippen molar-refractivity contribution in [1.82, 2.24) is 0 Å². The van der Waals surface area contributed by atoms with E-state index in [1.54, 1.807) is 0 Å². The van der Waals surface area contributed by atoms with Crippen LogP contribution in [0.2, 0.25) is 0 Å². The van der Waals surface area contributed by atoms with E-state index in [1.807, 2.05) is 0 Å². The first-order chi connectivity index (χ1) is 12.8. The van der Waals surface area contributed by atoms with Gasteiger partial charge in [-0.15, -0.1) is 0 Å². The van der Waals surface area contributed by atoms with Crippen molar-refractivity contribution in [2.24, 2.45) is 0 Å². The second-order valence-corrected chi connectivity index (χ2v) is 8.10. The fraction of sp³-hybridized carbons (Fsp3) is 1.00. The zero-order valence-electron chi connectivity index (χ0n) is 18.3. The number of rotatable bonds is 22. The lowest BCUT2D eigenvalue weighted by molar-refractivity contribution is 0.0167. The summed E-state index contributed by atoms with van der Waals surface area (Å²) in [5.41, 5.74) is 0. The fourth-order valence-corrected chi connectivity index (χ4v) is 3.72. The maximum atomic E-state index is 9.03. The van der Waals surface area contributed by atoms with Gasteiger partial charge in [0.25, 0.3) is 0 Å². The molecule has 0 saturated heterocycles. The van der Waals surface area contributed by atoms with Gasteiger partial charge in [-0.25, -0.2) is 0 Å². The van der Waals surface area contributed by atoms with Gasteiger partial charge < -0.3 is 9.84 Å². The van der Waals surface area contributed by atoms with E-state index in [9.17, 15) is 0 Å². The highest BCUT2D eigenvalue weighted by atomic mass is 16.5. The third-order valence-corrected chi connectivity index (χ3v) is 5.45. The van der Waals surface area contributed by atoms with E-state index < -0.39 is 0 Å². The Morgan fingerprint density at radius 1 is 0.538 bits per heavy atom. The zero-order valence-corrected chi connectivity index (χ0v) is 18.3. The standard InChI is InChI=1S/C24H50O2/c1-3-5-7-9-11-12-13-15-17-19-21-24(26-23-22-25)20-18-16-14-10-8-6-4-2/h24-25H,3-23H2,1-2H3. The Morgan fingerprint density at radius 3 is 1.23 bits per heavy atom. The molecular weight excluding hydrogens is 320 g/mol. The Hall–Kier alpha value is -0.0800. The Labute approximate surface area is 165 Å². The quantitative estimate of drug-likeness (QED) is 0.197. The van der Waals surface area contributed by atoms with Gasteiger partial charge in [0.05, 0.1) is 19.3 Å². The number of aliphatic hydroxyl groups is 1. The summed E-state index contributed by atoms with van der Waals surface area (Å²) < 4.78 is 5.87. The van der Waals surface area contributed by atoms with Crippen LogP contribution >= 0.6 is 0 Å². The monoisotopic (exact) mass is 370 g/mol. The van der Waals surface area contributed by atoms with Gasteiger partial charge in [0.1, 0.15) is 0 Å². The molecule has 0 rings (SSSR count). The van der Waals surface area contributed by atoms with Crippen LogP contribution in [0.1, 0.15) is 136 Å². The Bertz CT molecular complexity index is 242. The van der Waals surface area contributed by atoms with Gasteiger partial charge in [-0.1, -0.05) is 123 Å². The highest BCUT2D eigenvalue weighted by Crippen LogP contribution is 2.17. The van der Waals surface area contributed by atoms with E-state index in [-0.39, 0.29) is 6.61 Å². The van der Waals surface area contributed by atoms with Crippen molar-refractivity contribution in [2.75, 3.05) is 13.2 Å². The summed E-state index contributed by atoms with van der Waals surface area (Å²) in [7, 11) is 0. The summed E-state index contributed by atoms with van der Waals surface area (Å²) in [5.74, 6) is 0. The Morgan fingerprint density at radius 2 is 0.885 bits per heavy atom. The molecule has 0 fully saturated rings. The number of unbranched alkanes of at least 4 members (excludes halogenated alkanes) is 15. The van der Waals surface area contributed by atoms with Crippen molar-refractivity contribution < 1.29 is 9.84 Å². The normalized spacial score (nSPS) is 12.6. The van der Waals surface area contributed by atoms with Crippen LogP contribution in [-0.2, 0) is 4.74 Å². The molecule has 0 bridgehead atoms. The lowest BCUT2D eigenvalue weighted by atomic mass is 10.0. The number of hydrogen-bond acceptors (Lipinski definition) is 2. The molecule has 1 unspecified atom stereocenters. The van der Waals surface area contributed by atoms with Gasteiger partial charge >= 0.3 is 0 Å². The first kappa shape index (κ1) is 25.9. The molecule has 158 valence electrons. The van der Waals surface area contributed by atoms with Crippen LogP contribution in [-0.4, -0.2) is 24.4 Å². The van der Waals surface area contributed by atoms with Crippen molar-refractivity contribution in [3.63, 3.8) is 0 Å². The third-order valence-electron chi connectivity index (χ3n) is 5.45. The molecule has 0 aromatic heterocycles. The molecule has 0 aromatic rings. The van der Waals surface area contributed by atoms with Gasteiger partial charge in [-0.2, -0.15) is 0 Å². The van der Waals surface area contributed by atoms with Gasteiger partial charge in [-0.05, 0) is 12.8 Å². The SMILES string of the molecule is CCCCCCCCCCCCC(CCCCCCCCC)OCCO. The summed E-state index contributed by atoms with van der Waals surface area (Å²) in [6.45, 7) is 5.23. The number of ether oxygens (including phenoxy) is 1. The summed E-state index contributed by atoms with van der Waals surface area (Å²) >= 11 is 0. The van der Waals surface area contributed by atoms with Gasteiger partial charge in [-0.3, -0.25) is 0 Å². The van der Waals surface area contributed by atoms with Gasteiger partial charge in [0, 0.05) is 0 Å². The minimum atomic E-state index is 0.158. The molecular formula is C24H50O2. The van der Waals surface area contributed by atoms with E-state index in [0.29, 0.717) is 12.7 Å². The molecule has 0 spiro atoms. The second-order valence-electron chi connectivity index (χ2n) is 8.10. The molecule has 2 heteroatoms. The number of aliphatic hydroxyl groups excluding tert-OH is 1. The van der Waals surface area contributed by atoms with Crippen molar-refractivity contribution in [1.29, 1.82) is 0 Å². The molecule has 2 nitrogen and oxygen atoms in total. The molecule has 1 atom stereocenters. The van der Waals surface area contributed by atoms with Gasteiger partial charge in [0.2, 0.25) is 0 Å². The molecule has 0 aromatic carbocycles. The molecule has 0 heterocycles. The van der Waals surface area contributed by atoms with Crippen LogP contribution in [0, 0.1) is 0 Å². The molecule has 0 radical (unpaired) electrons. The number of hydrogen-bond donors (Lipinski definition) is 1. The topological polar surface area (TPSA) is 29.5 Å². The lowest BCUT2D eigenvalue weighted by Gasteiger charge is -2.17. The molecule has 1 N–H and O–H groups in total. The smallest absolute Gasteiger partial charge is 0.0701 e. The van der Waals surface area contributed by atoms with Crippen molar-refractivity contribution >= 4 is 0 Å².